The number of aliphatic carboxylic acids is 1. The Morgan fingerprint density at radius 2 is 1.57 bits per heavy atom. The van der Waals surface area contributed by atoms with E-state index in [1.54, 1.807) is 20.8 Å². The average Bonchev–Trinajstić information content (AvgIpc) is 2.77. The molecule has 0 aliphatic rings. The summed E-state index contributed by atoms with van der Waals surface area (Å²) >= 11 is 3.78. The van der Waals surface area contributed by atoms with E-state index in [0.717, 1.165) is 25.7 Å². The second-order valence-corrected chi connectivity index (χ2v) is 13.2. The van der Waals surface area contributed by atoms with Gasteiger partial charge in [0.1, 0.15) is 17.7 Å². The Balaban J connectivity index is 4.79. The van der Waals surface area contributed by atoms with E-state index in [4.69, 9.17) is 4.74 Å². The standard InChI is InChI=1S/C28H47IN2O5S/c1-9-21(4)24(31-27(35)36-28(6,7)8)25(32)30-23(26(33)34)18-37-17-16-20(3)13-10-12-19(2)14-11-15-22(5)29/h12,15-16,21,23-24H,9-11,13-14,17-18H2,1-8H3,(H,30,32)(H,31,35)(H,33,34)/b19-12+,20-16+,22-15+/t21?,23-,24-/m0/s1. The molecule has 0 rings (SSSR count). The van der Waals surface area contributed by atoms with Crippen LogP contribution in [-0.2, 0) is 14.3 Å². The van der Waals surface area contributed by atoms with Gasteiger partial charge in [0.2, 0.25) is 5.91 Å². The van der Waals surface area contributed by atoms with Crippen molar-refractivity contribution >= 4 is 52.3 Å². The van der Waals surface area contributed by atoms with Crippen molar-refractivity contribution in [3.63, 3.8) is 0 Å². The van der Waals surface area contributed by atoms with Gasteiger partial charge in [0, 0.05) is 11.5 Å². The van der Waals surface area contributed by atoms with Gasteiger partial charge in [0.05, 0.1) is 0 Å². The quantitative estimate of drug-likeness (QED) is 0.0943. The number of nitrogens with one attached hydrogen (secondary N) is 2. The molecular weight excluding hydrogens is 603 g/mol. The van der Waals surface area contributed by atoms with Crippen LogP contribution in [0.4, 0.5) is 4.79 Å². The first-order valence-electron chi connectivity index (χ1n) is 12.9. The van der Waals surface area contributed by atoms with Crippen LogP contribution in [0.25, 0.3) is 0 Å². The minimum Gasteiger partial charge on any atom is -0.480 e. The van der Waals surface area contributed by atoms with Gasteiger partial charge in [-0.1, -0.05) is 49.6 Å². The third kappa shape index (κ3) is 18.4. The maximum atomic E-state index is 12.9. The Labute approximate surface area is 241 Å². The number of hydrogen-bond acceptors (Lipinski definition) is 5. The van der Waals surface area contributed by atoms with Crippen molar-refractivity contribution in [3.8, 4) is 0 Å². The molecule has 0 fully saturated rings. The summed E-state index contributed by atoms with van der Waals surface area (Å²) < 4.78 is 6.59. The van der Waals surface area contributed by atoms with Crippen LogP contribution in [0.1, 0.15) is 87.5 Å². The third-order valence-corrected chi connectivity index (χ3v) is 7.02. The summed E-state index contributed by atoms with van der Waals surface area (Å²) in [4.78, 5) is 36.9. The van der Waals surface area contributed by atoms with Crippen molar-refractivity contribution < 1.29 is 24.2 Å². The lowest BCUT2D eigenvalue weighted by Crippen LogP contribution is -2.55. The van der Waals surface area contributed by atoms with E-state index in [1.807, 2.05) is 13.8 Å². The van der Waals surface area contributed by atoms with Crippen LogP contribution >= 0.6 is 34.4 Å². The minimum atomic E-state index is -1.10. The zero-order chi connectivity index (χ0) is 28.6. The van der Waals surface area contributed by atoms with Crippen molar-refractivity contribution in [2.45, 2.75) is 105 Å². The lowest BCUT2D eigenvalue weighted by Gasteiger charge is -2.27. The van der Waals surface area contributed by atoms with E-state index in [9.17, 15) is 19.5 Å². The highest BCUT2D eigenvalue weighted by molar-refractivity contribution is 14.1. The maximum Gasteiger partial charge on any atom is 0.408 e. The molecule has 0 bridgehead atoms. The molecule has 0 aliphatic heterocycles. The Bertz CT molecular complexity index is 829. The molecule has 1 unspecified atom stereocenters. The molecule has 0 radical (unpaired) electrons. The normalized spacial score (nSPS) is 15.5. The first kappa shape index (κ1) is 35.5. The first-order valence-corrected chi connectivity index (χ1v) is 15.1. The van der Waals surface area contributed by atoms with Crippen LogP contribution in [0, 0.1) is 5.92 Å². The van der Waals surface area contributed by atoms with E-state index in [-0.39, 0.29) is 11.7 Å². The molecule has 3 atom stereocenters. The van der Waals surface area contributed by atoms with Crippen LogP contribution in [0.5, 0.6) is 0 Å². The molecule has 9 heteroatoms. The maximum absolute atomic E-state index is 12.9. The highest BCUT2D eigenvalue weighted by Crippen LogP contribution is 2.15. The van der Waals surface area contributed by atoms with Crippen LogP contribution in [0.15, 0.2) is 33.0 Å². The number of carbonyl (C=O) groups excluding carboxylic acids is 2. The van der Waals surface area contributed by atoms with E-state index in [1.165, 1.54) is 26.5 Å². The molecule has 7 nitrogen and oxygen atoms in total. The molecule has 0 aromatic carbocycles. The van der Waals surface area contributed by atoms with Gasteiger partial charge in [-0.15, -0.1) is 0 Å². The molecule has 0 aromatic rings. The Kier molecular flexibility index (Phi) is 18.0. The molecule has 3 N–H and O–H groups in total. The van der Waals surface area contributed by atoms with Gasteiger partial charge in [0.15, 0.2) is 0 Å². The fraction of sp³-hybridized carbons (Fsp3) is 0.679. The van der Waals surface area contributed by atoms with Crippen molar-refractivity contribution in [3.05, 3.63) is 33.0 Å². The zero-order valence-corrected chi connectivity index (χ0v) is 26.8. The molecule has 0 spiro atoms. The Hall–Kier alpha value is -1.49. The molecule has 0 heterocycles. The number of thioether (sulfide) groups is 1. The fourth-order valence-corrected chi connectivity index (χ4v) is 4.52. The molecule has 0 aromatic heterocycles. The molecule has 2 amide bonds. The van der Waals surface area contributed by atoms with Gasteiger partial charge in [-0.3, -0.25) is 4.79 Å². The predicted molar refractivity (Wildman–Crippen MR) is 163 cm³/mol. The van der Waals surface area contributed by atoms with E-state index < -0.39 is 35.7 Å². The lowest BCUT2D eigenvalue weighted by molar-refractivity contribution is -0.141. The second kappa shape index (κ2) is 18.7. The van der Waals surface area contributed by atoms with Crippen molar-refractivity contribution in [1.82, 2.24) is 10.6 Å². The van der Waals surface area contributed by atoms with E-state index >= 15 is 0 Å². The van der Waals surface area contributed by atoms with Gasteiger partial charge in [-0.05, 0) is 99.3 Å². The van der Waals surface area contributed by atoms with Crippen molar-refractivity contribution in [1.29, 1.82) is 0 Å². The molecular formula is C28H47IN2O5S. The summed E-state index contributed by atoms with van der Waals surface area (Å²) in [5, 5.41) is 14.8. The van der Waals surface area contributed by atoms with Crippen LogP contribution in [0.2, 0.25) is 0 Å². The summed E-state index contributed by atoms with van der Waals surface area (Å²) in [5.74, 6) is -0.919. The monoisotopic (exact) mass is 650 g/mol. The molecule has 37 heavy (non-hydrogen) atoms. The minimum absolute atomic E-state index is 0.190. The highest BCUT2D eigenvalue weighted by Gasteiger charge is 2.31. The van der Waals surface area contributed by atoms with Crippen LogP contribution in [-0.4, -0.2) is 52.3 Å². The highest BCUT2D eigenvalue weighted by atomic mass is 127. The summed E-state index contributed by atoms with van der Waals surface area (Å²) in [7, 11) is 0. The molecule has 0 aliphatic carbocycles. The van der Waals surface area contributed by atoms with Crippen molar-refractivity contribution in [2.24, 2.45) is 5.92 Å². The van der Waals surface area contributed by atoms with Gasteiger partial charge < -0.3 is 20.5 Å². The number of ether oxygens (including phenoxy) is 1. The zero-order valence-electron chi connectivity index (χ0n) is 23.8. The van der Waals surface area contributed by atoms with Gasteiger partial charge in [0.25, 0.3) is 0 Å². The molecule has 0 saturated carbocycles. The van der Waals surface area contributed by atoms with Crippen LogP contribution in [0.3, 0.4) is 0 Å². The third-order valence-electron chi connectivity index (χ3n) is 5.61. The number of alkyl carbamates (subject to hydrolysis) is 1. The average molecular weight is 651 g/mol. The SMILES string of the molecule is CCC(C)[C@H](NC(=O)OC(C)(C)C)C(=O)N[C@@H](CSC/C=C(\C)CC/C=C(\C)CC/C=C(\C)I)C(=O)O. The number of carboxylic acids is 1. The van der Waals surface area contributed by atoms with Crippen LogP contribution < -0.4 is 10.6 Å². The fourth-order valence-electron chi connectivity index (χ4n) is 3.21. The predicted octanol–water partition coefficient (Wildman–Crippen LogP) is 7.02. The Morgan fingerprint density at radius 3 is 2.08 bits per heavy atom. The summed E-state index contributed by atoms with van der Waals surface area (Å²) in [6.07, 6.45) is 10.7. The van der Waals surface area contributed by atoms with Crippen molar-refractivity contribution in [2.75, 3.05) is 11.5 Å². The van der Waals surface area contributed by atoms with Gasteiger partial charge >= 0.3 is 12.1 Å². The second-order valence-electron chi connectivity index (χ2n) is 10.4. The number of hydrogen-bond donors (Lipinski definition) is 3. The van der Waals surface area contributed by atoms with E-state index in [0.29, 0.717) is 12.2 Å². The smallest absolute Gasteiger partial charge is 0.408 e. The summed E-state index contributed by atoms with van der Waals surface area (Å²) in [6.45, 7) is 15.3. The number of amides is 2. The summed E-state index contributed by atoms with van der Waals surface area (Å²) in [5.41, 5.74) is 1.95. The first-order chi connectivity index (χ1) is 17.2. The molecule has 0 saturated heterocycles. The van der Waals surface area contributed by atoms with Gasteiger partial charge in [-0.2, -0.15) is 11.8 Å². The number of carbonyl (C=O) groups is 3. The molecule has 212 valence electrons. The number of rotatable bonds is 16. The largest absolute Gasteiger partial charge is 0.480 e. The summed E-state index contributed by atoms with van der Waals surface area (Å²) in [6, 6.07) is -1.93. The van der Waals surface area contributed by atoms with E-state index in [2.05, 4.69) is 72.2 Å². The topological polar surface area (TPSA) is 105 Å². The number of carboxylic acid groups (broad SMARTS) is 1. The lowest BCUT2D eigenvalue weighted by atomic mass is 9.98. The van der Waals surface area contributed by atoms with Gasteiger partial charge in [-0.25, -0.2) is 9.59 Å². The Morgan fingerprint density at radius 1 is 1.00 bits per heavy atom. The number of halogens is 1. The number of allylic oxidation sites excluding steroid dienone is 5.